The lowest BCUT2D eigenvalue weighted by molar-refractivity contribution is -0.362. The molecule has 0 fully saturated rings. The van der Waals surface area contributed by atoms with E-state index in [1.165, 1.54) is 6.07 Å². The van der Waals surface area contributed by atoms with Crippen LogP contribution in [0.3, 0.4) is 0 Å². The minimum atomic E-state index is 0.00806. The Morgan fingerprint density at radius 3 is 2.42 bits per heavy atom. The first-order valence-electron chi connectivity index (χ1n) is 3.68. The van der Waals surface area contributed by atoms with E-state index in [0.29, 0.717) is 10.5 Å². The van der Waals surface area contributed by atoms with Gasteiger partial charge in [-0.2, -0.15) is 4.74 Å². The number of phenolic OH excluding ortho intramolecular Hbond substituents is 1. The number of para-hydroxylation sites is 2. The summed E-state index contributed by atoms with van der Waals surface area (Å²) < 4.78 is 0.704. The fourth-order valence-corrected chi connectivity index (χ4v) is 0.877. The van der Waals surface area contributed by atoms with Crippen molar-refractivity contribution in [2.75, 3.05) is 0 Å². The van der Waals surface area contributed by atoms with E-state index in [4.69, 9.17) is 0 Å². The highest BCUT2D eigenvalue weighted by Crippen LogP contribution is 2.24. The highest BCUT2D eigenvalue weighted by atomic mass is 16.5. The molecule has 0 saturated carbocycles. The lowest BCUT2D eigenvalue weighted by Crippen LogP contribution is -2.02. The highest BCUT2D eigenvalue weighted by molar-refractivity contribution is 5.75. The smallest absolute Gasteiger partial charge is 0.258 e. The topological polar surface area (TPSA) is 46.3 Å². The van der Waals surface area contributed by atoms with Crippen LogP contribution in [0.4, 0.5) is 5.69 Å². The molecule has 1 rings (SSSR count). The quantitative estimate of drug-likeness (QED) is 0.299. The molecule has 1 N–H and O–H groups in total. The first-order valence-corrected chi connectivity index (χ1v) is 3.68. The molecule has 0 amide bonds. The molecule has 3 heteroatoms. The molecule has 0 heterocycles. The van der Waals surface area contributed by atoms with Gasteiger partial charge < -0.3 is 10.3 Å². The SMILES string of the molecule is CC(C)=[N+]([O-])c1ccccc1O. The van der Waals surface area contributed by atoms with E-state index >= 15 is 0 Å². The van der Waals surface area contributed by atoms with Crippen LogP contribution in [0.5, 0.6) is 5.75 Å². The first-order chi connectivity index (χ1) is 5.63. The van der Waals surface area contributed by atoms with E-state index in [0.717, 1.165) is 0 Å². The second-order valence-corrected chi connectivity index (χ2v) is 2.73. The average Bonchev–Trinajstić information content (AvgIpc) is 2.04. The molecule has 64 valence electrons. The number of phenols is 1. The molecular weight excluding hydrogens is 154 g/mol. The zero-order chi connectivity index (χ0) is 9.14. The summed E-state index contributed by atoms with van der Waals surface area (Å²) in [4.78, 5) is 0. The Bertz CT molecular complexity index is 314. The summed E-state index contributed by atoms with van der Waals surface area (Å²) in [5.74, 6) is 0.00806. The van der Waals surface area contributed by atoms with Crippen LogP contribution >= 0.6 is 0 Å². The summed E-state index contributed by atoms with van der Waals surface area (Å²) in [5, 5.41) is 20.6. The normalized spacial score (nSPS) is 9.50. The van der Waals surface area contributed by atoms with Crippen molar-refractivity contribution in [1.29, 1.82) is 0 Å². The van der Waals surface area contributed by atoms with Gasteiger partial charge in [0, 0.05) is 19.9 Å². The molecule has 0 aliphatic heterocycles. The van der Waals surface area contributed by atoms with Gasteiger partial charge in [-0.25, -0.2) is 0 Å². The molecule has 0 aromatic heterocycles. The zero-order valence-corrected chi connectivity index (χ0v) is 7.11. The minimum absolute atomic E-state index is 0.00806. The molecule has 0 atom stereocenters. The second kappa shape index (κ2) is 3.26. The van der Waals surface area contributed by atoms with Gasteiger partial charge in [-0.1, -0.05) is 12.1 Å². The van der Waals surface area contributed by atoms with Crippen molar-refractivity contribution in [3.8, 4) is 5.75 Å². The van der Waals surface area contributed by atoms with E-state index in [-0.39, 0.29) is 11.4 Å². The summed E-state index contributed by atoms with van der Waals surface area (Å²) >= 11 is 0. The van der Waals surface area contributed by atoms with E-state index < -0.39 is 0 Å². The molecule has 0 radical (unpaired) electrons. The largest absolute Gasteiger partial charge is 0.618 e. The minimum Gasteiger partial charge on any atom is -0.618 e. The fourth-order valence-electron chi connectivity index (χ4n) is 0.877. The van der Waals surface area contributed by atoms with Crippen molar-refractivity contribution in [2.45, 2.75) is 13.8 Å². The summed E-state index contributed by atoms with van der Waals surface area (Å²) in [6, 6.07) is 6.46. The number of nitrogens with zero attached hydrogens (tertiary/aromatic N) is 1. The van der Waals surface area contributed by atoms with Crippen molar-refractivity contribution in [2.24, 2.45) is 0 Å². The predicted molar refractivity (Wildman–Crippen MR) is 47.7 cm³/mol. The third kappa shape index (κ3) is 1.56. The van der Waals surface area contributed by atoms with Gasteiger partial charge in [0.1, 0.15) is 0 Å². The Hall–Kier alpha value is -1.51. The van der Waals surface area contributed by atoms with Gasteiger partial charge in [-0.05, 0) is 6.07 Å². The van der Waals surface area contributed by atoms with Gasteiger partial charge in [0.25, 0.3) is 5.69 Å². The van der Waals surface area contributed by atoms with Gasteiger partial charge in [-0.15, -0.1) is 0 Å². The number of hydrogen-bond acceptors (Lipinski definition) is 2. The Morgan fingerprint density at radius 1 is 1.33 bits per heavy atom. The van der Waals surface area contributed by atoms with E-state index in [2.05, 4.69) is 0 Å². The molecule has 0 spiro atoms. The van der Waals surface area contributed by atoms with Gasteiger partial charge in [0.05, 0.1) is 0 Å². The summed E-state index contributed by atoms with van der Waals surface area (Å²) in [7, 11) is 0. The van der Waals surface area contributed by atoms with Gasteiger partial charge in [-0.3, -0.25) is 0 Å². The van der Waals surface area contributed by atoms with Crippen molar-refractivity contribution in [3.63, 3.8) is 0 Å². The Labute approximate surface area is 71.2 Å². The Balaban J connectivity index is 3.21. The standard InChI is InChI=1S/C9H11NO2/c1-7(2)10(12)8-5-3-4-6-9(8)11/h3-6,11H,1-2H3. The maximum atomic E-state index is 11.3. The highest BCUT2D eigenvalue weighted by Gasteiger charge is 2.07. The van der Waals surface area contributed by atoms with Crippen LogP contribution in [0.1, 0.15) is 13.8 Å². The molecule has 3 nitrogen and oxygen atoms in total. The molecule has 0 aliphatic rings. The third-order valence-electron chi connectivity index (χ3n) is 1.51. The third-order valence-corrected chi connectivity index (χ3v) is 1.51. The van der Waals surface area contributed by atoms with Crippen molar-refractivity contribution in [1.82, 2.24) is 0 Å². The zero-order valence-electron chi connectivity index (χ0n) is 7.11. The van der Waals surface area contributed by atoms with Crippen LogP contribution in [-0.2, 0) is 0 Å². The lowest BCUT2D eigenvalue weighted by Gasteiger charge is -2.05. The first kappa shape index (κ1) is 8.59. The van der Waals surface area contributed by atoms with Crippen LogP contribution in [0.2, 0.25) is 0 Å². The van der Waals surface area contributed by atoms with E-state index in [1.54, 1.807) is 32.0 Å². The number of hydrogen-bond donors (Lipinski definition) is 1. The van der Waals surface area contributed by atoms with Crippen LogP contribution in [0.25, 0.3) is 0 Å². The second-order valence-electron chi connectivity index (χ2n) is 2.73. The number of aromatic hydroxyl groups is 1. The van der Waals surface area contributed by atoms with Crippen molar-refractivity contribution < 1.29 is 9.85 Å². The molecule has 0 aliphatic carbocycles. The molecule has 1 aromatic rings. The van der Waals surface area contributed by atoms with E-state index in [9.17, 15) is 10.3 Å². The number of rotatable bonds is 1. The van der Waals surface area contributed by atoms with Crippen LogP contribution in [-0.4, -0.2) is 15.6 Å². The van der Waals surface area contributed by atoms with Crippen LogP contribution < -0.4 is 0 Å². The summed E-state index contributed by atoms with van der Waals surface area (Å²) in [6.07, 6.45) is 0. The summed E-state index contributed by atoms with van der Waals surface area (Å²) in [6.45, 7) is 3.39. The average molecular weight is 165 g/mol. The van der Waals surface area contributed by atoms with Crippen LogP contribution in [0, 0.1) is 5.21 Å². The monoisotopic (exact) mass is 165 g/mol. The maximum Gasteiger partial charge on any atom is 0.258 e. The molecule has 0 unspecified atom stereocenters. The fraction of sp³-hybridized carbons (Fsp3) is 0.222. The van der Waals surface area contributed by atoms with E-state index in [1.807, 2.05) is 0 Å². The van der Waals surface area contributed by atoms with Crippen molar-refractivity contribution in [3.05, 3.63) is 29.5 Å². The maximum absolute atomic E-state index is 11.3. The molecule has 1 aromatic carbocycles. The summed E-state index contributed by atoms with van der Waals surface area (Å²) in [5.41, 5.74) is 0.883. The Kier molecular flexibility index (Phi) is 2.33. The van der Waals surface area contributed by atoms with Gasteiger partial charge in [0.2, 0.25) is 0 Å². The van der Waals surface area contributed by atoms with Gasteiger partial charge >= 0.3 is 0 Å². The van der Waals surface area contributed by atoms with Crippen LogP contribution in [0.15, 0.2) is 24.3 Å². The Morgan fingerprint density at radius 2 is 1.92 bits per heavy atom. The molecule has 0 bridgehead atoms. The molecular formula is C9H11NO2. The number of benzene rings is 1. The van der Waals surface area contributed by atoms with Gasteiger partial charge in [0.15, 0.2) is 11.5 Å². The molecule has 12 heavy (non-hydrogen) atoms. The lowest BCUT2D eigenvalue weighted by atomic mass is 10.3. The van der Waals surface area contributed by atoms with Crippen molar-refractivity contribution >= 4 is 11.4 Å². The molecule has 0 saturated heterocycles. The predicted octanol–water partition coefficient (Wildman–Crippen LogP) is 2.01.